The molecule has 1 aromatic rings. The van der Waals surface area contributed by atoms with Gasteiger partial charge in [-0.25, -0.2) is 4.98 Å². The third-order valence-corrected chi connectivity index (χ3v) is 2.13. The van der Waals surface area contributed by atoms with Gasteiger partial charge in [-0.05, 0) is 6.92 Å². The Hall–Kier alpha value is -2.45. The van der Waals surface area contributed by atoms with Gasteiger partial charge in [-0.2, -0.15) is 4.98 Å². The zero-order valence-electron chi connectivity index (χ0n) is 10.1. The number of aromatic nitrogens is 2. The molecule has 1 amide bonds. The van der Waals surface area contributed by atoms with Crippen molar-refractivity contribution in [2.45, 2.75) is 13.3 Å². The highest BCUT2D eigenvalue weighted by atomic mass is 16.6. The van der Waals surface area contributed by atoms with Gasteiger partial charge in [0.2, 0.25) is 17.7 Å². The van der Waals surface area contributed by atoms with Gasteiger partial charge in [0.1, 0.15) is 5.69 Å². The van der Waals surface area contributed by atoms with E-state index in [9.17, 15) is 14.9 Å². The van der Waals surface area contributed by atoms with Crippen LogP contribution >= 0.6 is 0 Å². The molecule has 0 aromatic carbocycles. The van der Waals surface area contributed by atoms with E-state index in [1.165, 1.54) is 6.92 Å². The number of nitrogens with two attached hydrogens (primary N) is 1. The molecule has 0 unspecified atom stereocenters. The smallest absolute Gasteiger partial charge is 0.332 e. The summed E-state index contributed by atoms with van der Waals surface area (Å²) in [6.45, 7) is 1.69. The third kappa shape index (κ3) is 3.27. The molecule has 9 heteroatoms. The van der Waals surface area contributed by atoms with E-state index in [2.05, 4.69) is 20.6 Å². The summed E-state index contributed by atoms with van der Waals surface area (Å²) >= 11 is 0. The fraction of sp³-hybridized carbons (Fsp3) is 0.444. The lowest BCUT2D eigenvalue weighted by molar-refractivity contribution is -0.385. The number of amides is 1. The summed E-state index contributed by atoms with van der Waals surface area (Å²) in [7, 11) is 1.60. The number of rotatable bonds is 6. The van der Waals surface area contributed by atoms with Crippen LogP contribution in [-0.2, 0) is 4.79 Å². The fourth-order valence-electron chi connectivity index (χ4n) is 1.32. The summed E-state index contributed by atoms with van der Waals surface area (Å²) in [5, 5.41) is 16.3. The molecular weight excluding hydrogens is 240 g/mol. The first-order chi connectivity index (χ1) is 8.45. The molecule has 1 aromatic heterocycles. The van der Waals surface area contributed by atoms with Crippen molar-refractivity contribution in [2.24, 2.45) is 5.73 Å². The zero-order chi connectivity index (χ0) is 13.7. The van der Waals surface area contributed by atoms with Gasteiger partial charge in [0, 0.05) is 20.0 Å². The quantitative estimate of drug-likeness (QED) is 0.480. The SMILES string of the molecule is CNc1nc(C)c([N+](=O)[O-])c(NCCC(N)=O)n1. The summed E-state index contributed by atoms with van der Waals surface area (Å²) < 4.78 is 0. The first-order valence-corrected chi connectivity index (χ1v) is 5.18. The number of nitro groups is 1. The fourth-order valence-corrected chi connectivity index (χ4v) is 1.32. The highest BCUT2D eigenvalue weighted by molar-refractivity contribution is 5.74. The lowest BCUT2D eigenvalue weighted by Gasteiger charge is -2.08. The van der Waals surface area contributed by atoms with Crippen LogP contribution in [0.15, 0.2) is 0 Å². The van der Waals surface area contributed by atoms with Gasteiger partial charge >= 0.3 is 5.69 Å². The minimum Gasteiger partial charge on any atom is -0.370 e. The molecule has 0 spiro atoms. The second kappa shape index (κ2) is 5.75. The Bertz CT molecular complexity index is 476. The Balaban J connectivity index is 3.01. The summed E-state index contributed by atoms with van der Waals surface area (Å²) in [4.78, 5) is 28.8. The summed E-state index contributed by atoms with van der Waals surface area (Å²) in [6, 6.07) is 0. The van der Waals surface area contributed by atoms with Crippen molar-refractivity contribution in [3.05, 3.63) is 15.8 Å². The lowest BCUT2D eigenvalue weighted by Crippen LogP contribution is -2.17. The molecule has 9 nitrogen and oxygen atoms in total. The first kappa shape index (κ1) is 13.6. The van der Waals surface area contributed by atoms with Crippen LogP contribution in [-0.4, -0.2) is 34.4 Å². The summed E-state index contributed by atoms with van der Waals surface area (Å²) in [6.07, 6.45) is 0.0646. The lowest BCUT2D eigenvalue weighted by atomic mass is 10.3. The van der Waals surface area contributed by atoms with E-state index in [0.717, 1.165) is 0 Å². The van der Waals surface area contributed by atoms with Gasteiger partial charge < -0.3 is 16.4 Å². The van der Waals surface area contributed by atoms with Gasteiger partial charge in [0.25, 0.3) is 0 Å². The van der Waals surface area contributed by atoms with Crippen molar-refractivity contribution in [3.8, 4) is 0 Å². The molecular formula is C9H14N6O3. The van der Waals surface area contributed by atoms with Gasteiger partial charge in [-0.15, -0.1) is 0 Å². The molecule has 0 atom stereocenters. The van der Waals surface area contributed by atoms with Crippen molar-refractivity contribution in [1.29, 1.82) is 0 Å². The Morgan fingerprint density at radius 3 is 2.67 bits per heavy atom. The van der Waals surface area contributed by atoms with Crippen LogP contribution in [0, 0.1) is 17.0 Å². The van der Waals surface area contributed by atoms with E-state index < -0.39 is 10.8 Å². The van der Waals surface area contributed by atoms with Crippen LogP contribution in [0.4, 0.5) is 17.5 Å². The van der Waals surface area contributed by atoms with Crippen LogP contribution in [0.1, 0.15) is 12.1 Å². The molecule has 1 heterocycles. The maximum absolute atomic E-state index is 10.9. The molecule has 4 N–H and O–H groups in total. The molecule has 0 saturated heterocycles. The topological polar surface area (TPSA) is 136 Å². The monoisotopic (exact) mass is 254 g/mol. The van der Waals surface area contributed by atoms with Crippen LogP contribution in [0.3, 0.4) is 0 Å². The standard InChI is InChI=1S/C9H14N6O3/c1-5-7(15(17)18)8(12-4-3-6(10)16)14-9(11-2)13-5/h3-4H2,1-2H3,(H2,10,16)(H2,11,12,13,14). The predicted molar refractivity (Wildman–Crippen MR) is 65.3 cm³/mol. The minimum atomic E-state index is -0.568. The molecule has 1 rings (SSSR count). The van der Waals surface area contributed by atoms with Gasteiger partial charge in [0.15, 0.2) is 0 Å². The molecule has 98 valence electrons. The molecule has 18 heavy (non-hydrogen) atoms. The molecule has 0 fully saturated rings. The summed E-state index contributed by atoms with van der Waals surface area (Å²) in [5.41, 5.74) is 5.01. The van der Waals surface area contributed by atoms with Crippen molar-refractivity contribution < 1.29 is 9.72 Å². The molecule has 0 radical (unpaired) electrons. The molecule has 0 aliphatic heterocycles. The van der Waals surface area contributed by atoms with Crippen LogP contribution in [0.5, 0.6) is 0 Å². The van der Waals surface area contributed by atoms with Crippen molar-refractivity contribution >= 4 is 23.4 Å². The minimum absolute atomic E-state index is 0.0646. The average molecular weight is 254 g/mol. The number of anilines is 2. The number of aryl methyl sites for hydroxylation is 1. The number of carbonyl (C=O) groups is 1. The van der Waals surface area contributed by atoms with Crippen molar-refractivity contribution in [3.63, 3.8) is 0 Å². The Morgan fingerprint density at radius 2 is 2.17 bits per heavy atom. The maximum atomic E-state index is 10.9. The Labute approximate surface area is 103 Å². The van der Waals surface area contributed by atoms with E-state index in [0.29, 0.717) is 0 Å². The second-order valence-corrected chi connectivity index (χ2v) is 3.48. The predicted octanol–water partition coefficient (Wildman–Crippen LogP) is 0.0222. The van der Waals surface area contributed by atoms with Gasteiger partial charge in [-0.1, -0.05) is 0 Å². The van der Waals surface area contributed by atoms with Gasteiger partial charge in [0.05, 0.1) is 4.92 Å². The Kier molecular flexibility index (Phi) is 4.35. The number of hydrogen-bond donors (Lipinski definition) is 3. The van der Waals surface area contributed by atoms with Crippen LogP contribution in [0.2, 0.25) is 0 Å². The van der Waals surface area contributed by atoms with E-state index in [-0.39, 0.29) is 36.1 Å². The molecule has 0 aliphatic rings. The number of nitrogens with zero attached hydrogens (tertiary/aromatic N) is 3. The van der Waals surface area contributed by atoms with Gasteiger partial charge in [-0.3, -0.25) is 14.9 Å². The van der Waals surface area contributed by atoms with Crippen molar-refractivity contribution in [1.82, 2.24) is 9.97 Å². The number of primary amides is 1. The summed E-state index contributed by atoms with van der Waals surface area (Å²) in [5.74, 6) is -0.164. The molecule has 0 saturated carbocycles. The third-order valence-electron chi connectivity index (χ3n) is 2.13. The van der Waals surface area contributed by atoms with E-state index >= 15 is 0 Å². The van der Waals surface area contributed by atoms with Crippen molar-refractivity contribution in [2.75, 3.05) is 24.2 Å². The van der Waals surface area contributed by atoms with Crippen LogP contribution in [0.25, 0.3) is 0 Å². The zero-order valence-corrected chi connectivity index (χ0v) is 10.1. The molecule has 0 bridgehead atoms. The maximum Gasteiger partial charge on any atom is 0.332 e. The average Bonchev–Trinajstić information content (AvgIpc) is 2.27. The second-order valence-electron chi connectivity index (χ2n) is 3.48. The van der Waals surface area contributed by atoms with Crippen LogP contribution < -0.4 is 16.4 Å². The highest BCUT2D eigenvalue weighted by Gasteiger charge is 2.21. The number of hydrogen-bond acceptors (Lipinski definition) is 7. The van der Waals surface area contributed by atoms with E-state index in [1.54, 1.807) is 7.05 Å². The van der Waals surface area contributed by atoms with E-state index in [1.807, 2.05) is 0 Å². The molecule has 0 aliphatic carbocycles. The normalized spacial score (nSPS) is 9.89. The number of carbonyl (C=O) groups excluding carboxylic acids is 1. The highest BCUT2D eigenvalue weighted by Crippen LogP contribution is 2.26. The Morgan fingerprint density at radius 1 is 1.50 bits per heavy atom. The first-order valence-electron chi connectivity index (χ1n) is 5.18. The largest absolute Gasteiger partial charge is 0.370 e. The van der Waals surface area contributed by atoms with E-state index in [4.69, 9.17) is 5.73 Å². The number of nitrogens with one attached hydrogen (secondary N) is 2.